The smallest absolute Gasteiger partial charge is 0.303 e. The Balaban J connectivity index is 1.86. The predicted molar refractivity (Wildman–Crippen MR) is 163 cm³/mol. The van der Waals surface area contributed by atoms with Gasteiger partial charge in [-0.25, -0.2) is 0 Å². The quantitative estimate of drug-likeness (QED) is 0.165. The molecule has 0 saturated carbocycles. The summed E-state index contributed by atoms with van der Waals surface area (Å²) in [5.41, 5.74) is 11.5. The Morgan fingerprint density at radius 3 is 2.16 bits per heavy atom. The summed E-state index contributed by atoms with van der Waals surface area (Å²) in [6, 6.07) is 8.47. The normalized spacial score (nSPS) is 18.1. The maximum Gasteiger partial charge on any atom is 0.303 e. The van der Waals surface area contributed by atoms with Crippen LogP contribution in [-0.2, 0) is 33.6 Å². The Kier molecular flexibility index (Phi) is 11.6. The Morgan fingerprint density at radius 2 is 1.56 bits per heavy atom. The van der Waals surface area contributed by atoms with Gasteiger partial charge in [-0.3, -0.25) is 33.6 Å². The van der Waals surface area contributed by atoms with Crippen LogP contribution >= 0.6 is 0 Å². The maximum atomic E-state index is 13.9. The van der Waals surface area contributed by atoms with Crippen molar-refractivity contribution >= 4 is 52.2 Å². The van der Waals surface area contributed by atoms with E-state index in [1.54, 1.807) is 13.8 Å². The van der Waals surface area contributed by atoms with Crippen molar-refractivity contribution in [1.29, 1.82) is 0 Å². The Morgan fingerprint density at radius 1 is 0.889 bits per heavy atom. The van der Waals surface area contributed by atoms with E-state index in [1.165, 1.54) is 11.8 Å². The first-order chi connectivity index (χ1) is 21.2. The van der Waals surface area contributed by atoms with Crippen LogP contribution in [0.1, 0.15) is 57.9 Å². The monoisotopic (exact) mass is 624 g/mol. The number of hydrogen-bond donors (Lipinski definition) is 6. The number of fused-ring (bicyclic) bond motifs is 1. The second-order valence-electron chi connectivity index (χ2n) is 11.5. The minimum absolute atomic E-state index is 0.162. The minimum Gasteiger partial charge on any atom is -0.481 e. The summed E-state index contributed by atoms with van der Waals surface area (Å²) in [4.78, 5) is 89.0. The molecule has 1 aliphatic rings. The molecule has 5 atom stereocenters. The zero-order chi connectivity index (χ0) is 33.4. The topological polar surface area (TPSA) is 231 Å². The van der Waals surface area contributed by atoms with Gasteiger partial charge in [-0.1, -0.05) is 56.3 Å². The van der Waals surface area contributed by atoms with Crippen LogP contribution in [0.2, 0.25) is 0 Å². The van der Waals surface area contributed by atoms with Crippen molar-refractivity contribution < 1.29 is 38.7 Å². The Labute approximate surface area is 260 Å². The van der Waals surface area contributed by atoms with Gasteiger partial charge in [0.2, 0.25) is 35.4 Å². The summed E-state index contributed by atoms with van der Waals surface area (Å²) >= 11 is 0. The summed E-state index contributed by atoms with van der Waals surface area (Å²) in [7, 11) is 0. The Hall–Kier alpha value is -5.01. The largest absolute Gasteiger partial charge is 0.481 e. The van der Waals surface area contributed by atoms with Crippen molar-refractivity contribution in [3.8, 4) is 0 Å². The van der Waals surface area contributed by atoms with Crippen LogP contribution in [0, 0.1) is 5.92 Å². The highest BCUT2D eigenvalue weighted by Crippen LogP contribution is 2.36. The van der Waals surface area contributed by atoms with Gasteiger partial charge in [-0.05, 0) is 35.6 Å². The fraction of sp³-hybridized carbons (Fsp3) is 0.452. The molecule has 0 radical (unpaired) electrons. The van der Waals surface area contributed by atoms with Gasteiger partial charge in [0.15, 0.2) is 0 Å². The molecule has 2 aromatic carbocycles. The number of carbonyl (C=O) groups is 7. The first kappa shape index (κ1) is 34.5. The fourth-order valence-electron chi connectivity index (χ4n) is 5.43. The van der Waals surface area contributed by atoms with Gasteiger partial charge in [-0.15, -0.1) is 0 Å². The number of hydrogen-bond acceptors (Lipinski definition) is 7. The summed E-state index contributed by atoms with van der Waals surface area (Å²) in [6.45, 7) is 4.88. The van der Waals surface area contributed by atoms with Gasteiger partial charge >= 0.3 is 5.97 Å². The van der Waals surface area contributed by atoms with E-state index in [0.29, 0.717) is 6.42 Å². The van der Waals surface area contributed by atoms with Crippen molar-refractivity contribution in [2.75, 3.05) is 6.54 Å². The van der Waals surface area contributed by atoms with E-state index in [2.05, 4.69) is 16.0 Å². The van der Waals surface area contributed by atoms with Crippen LogP contribution in [0.15, 0.2) is 42.5 Å². The summed E-state index contributed by atoms with van der Waals surface area (Å²) < 4.78 is 0. The molecule has 0 bridgehead atoms. The van der Waals surface area contributed by atoms with Crippen LogP contribution in [0.5, 0.6) is 0 Å². The molecule has 1 aliphatic heterocycles. The Bertz CT molecular complexity index is 1480. The molecule has 6 amide bonds. The van der Waals surface area contributed by atoms with E-state index in [9.17, 15) is 33.6 Å². The van der Waals surface area contributed by atoms with Crippen LogP contribution < -0.4 is 27.4 Å². The number of carboxylic acid groups (broad SMARTS) is 1. The average Bonchev–Trinajstić information content (AvgIpc) is 3.42. The zero-order valence-electron chi connectivity index (χ0n) is 25.4. The van der Waals surface area contributed by atoms with Crippen molar-refractivity contribution in [1.82, 2.24) is 20.9 Å². The molecule has 1 fully saturated rings. The molecule has 1 unspecified atom stereocenters. The lowest BCUT2D eigenvalue weighted by Gasteiger charge is -2.30. The lowest BCUT2D eigenvalue weighted by Crippen LogP contribution is -2.58. The second-order valence-corrected chi connectivity index (χ2v) is 11.5. The highest BCUT2D eigenvalue weighted by molar-refractivity contribution is 5.98. The van der Waals surface area contributed by atoms with Gasteiger partial charge in [0.1, 0.15) is 24.2 Å². The molecule has 242 valence electrons. The highest BCUT2D eigenvalue weighted by Gasteiger charge is 2.43. The number of rotatable bonds is 14. The van der Waals surface area contributed by atoms with Gasteiger partial charge in [-0.2, -0.15) is 0 Å². The van der Waals surface area contributed by atoms with Crippen LogP contribution in [0.3, 0.4) is 0 Å². The molecule has 3 rings (SSSR count). The predicted octanol–water partition coefficient (Wildman–Crippen LogP) is -0.120. The number of nitrogens with one attached hydrogen (secondary N) is 3. The summed E-state index contributed by atoms with van der Waals surface area (Å²) in [6.07, 6.45) is -0.980. The zero-order valence-corrected chi connectivity index (χ0v) is 25.4. The summed E-state index contributed by atoms with van der Waals surface area (Å²) in [5.74, 6) is -6.56. The van der Waals surface area contributed by atoms with E-state index in [1.807, 2.05) is 42.5 Å². The third kappa shape index (κ3) is 9.00. The summed E-state index contributed by atoms with van der Waals surface area (Å²) in [5, 5.41) is 18.4. The number of benzene rings is 2. The van der Waals surface area contributed by atoms with E-state index >= 15 is 0 Å². The van der Waals surface area contributed by atoms with E-state index in [4.69, 9.17) is 16.6 Å². The van der Waals surface area contributed by atoms with E-state index in [0.717, 1.165) is 16.3 Å². The standard InChI is InChI=1S/C31H40N6O8/c1-16(2)26(28(33)42)36-29(43)17(3)34-30(44)22(15-23(32)38)35-31(45)27-21(12-13-37(27)24(39)10-11-25(40)41)20-9-8-18-6-4-5-7-19(18)14-20/h4-9,14,16-17,21-22,26-27H,10-13,15H2,1-3H3,(H2,32,38)(H2,33,42)(H,34,44)(H,35,45)(H,36,43)(H,40,41)/t17-,21+,22-,26-,27?/m0/s1. The van der Waals surface area contributed by atoms with Crippen molar-refractivity contribution in [2.24, 2.45) is 17.4 Å². The van der Waals surface area contributed by atoms with Gasteiger partial charge in [0.05, 0.1) is 12.8 Å². The SMILES string of the molecule is CC(C)[C@H](NC(=O)[C@H](C)NC(=O)[C@H](CC(N)=O)NC(=O)C1[C@@H](c2ccc3ccccc3c2)CCN1C(=O)CCC(=O)O)C(N)=O. The number of likely N-dealkylation sites (tertiary alicyclic amines) is 1. The molecule has 8 N–H and O–H groups in total. The van der Waals surface area contributed by atoms with Crippen molar-refractivity contribution in [2.45, 2.75) is 76.5 Å². The first-order valence-corrected chi connectivity index (χ1v) is 14.7. The van der Waals surface area contributed by atoms with Gasteiger partial charge in [0.25, 0.3) is 0 Å². The van der Waals surface area contributed by atoms with Gasteiger partial charge in [0, 0.05) is 18.9 Å². The molecule has 0 spiro atoms. The minimum atomic E-state index is -1.50. The molecule has 1 saturated heterocycles. The van der Waals surface area contributed by atoms with E-state index < -0.39 is 84.3 Å². The maximum absolute atomic E-state index is 13.9. The lowest BCUT2D eigenvalue weighted by atomic mass is 9.89. The van der Waals surface area contributed by atoms with Crippen LogP contribution in [-0.4, -0.2) is 82.1 Å². The highest BCUT2D eigenvalue weighted by atomic mass is 16.4. The van der Waals surface area contributed by atoms with Gasteiger partial charge < -0.3 is 37.4 Å². The molecular weight excluding hydrogens is 584 g/mol. The molecule has 14 nitrogen and oxygen atoms in total. The number of aliphatic carboxylic acids is 1. The lowest BCUT2D eigenvalue weighted by molar-refractivity contribution is -0.143. The van der Waals surface area contributed by atoms with Crippen LogP contribution in [0.25, 0.3) is 10.8 Å². The van der Waals surface area contributed by atoms with Crippen molar-refractivity contribution in [3.63, 3.8) is 0 Å². The second kappa shape index (κ2) is 15.1. The number of nitrogens with zero attached hydrogens (tertiary/aromatic N) is 1. The first-order valence-electron chi connectivity index (χ1n) is 14.7. The number of amides is 6. The van der Waals surface area contributed by atoms with E-state index in [-0.39, 0.29) is 18.9 Å². The molecule has 14 heteroatoms. The number of nitrogens with two attached hydrogens (primary N) is 2. The van der Waals surface area contributed by atoms with Crippen molar-refractivity contribution in [3.05, 3.63) is 48.0 Å². The molecule has 45 heavy (non-hydrogen) atoms. The number of primary amides is 2. The number of carboxylic acids is 1. The molecule has 0 aromatic heterocycles. The third-order valence-electron chi connectivity index (χ3n) is 7.80. The third-order valence-corrected chi connectivity index (χ3v) is 7.80. The molecule has 1 heterocycles. The average molecular weight is 625 g/mol. The fourth-order valence-corrected chi connectivity index (χ4v) is 5.43. The molecular formula is C31H40N6O8. The molecule has 0 aliphatic carbocycles. The number of carbonyl (C=O) groups excluding carboxylic acids is 6. The molecule has 2 aromatic rings. The van der Waals surface area contributed by atoms with Crippen LogP contribution in [0.4, 0.5) is 0 Å².